The predicted octanol–water partition coefficient (Wildman–Crippen LogP) is 1.62. The fraction of sp³-hybridized carbons (Fsp3) is 0.364. The summed E-state index contributed by atoms with van der Waals surface area (Å²) < 4.78 is 42.2. The number of alkyl halides is 3. The summed E-state index contributed by atoms with van der Waals surface area (Å²) in [6, 6.07) is 16.6. The second-order valence-electron chi connectivity index (χ2n) is 7.38. The molecule has 2 aliphatic rings. The lowest BCUT2D eigenvalue weighted by atomic mass is 10.0. The molecule has 9 heteroatoms. The van der Waals surface area contributed by atoms with Crippen LogP contribution < -0.4 is 19.9 Å². The minimum Gasteiger partial charge on any atom is -0.542 e. The SMILES string of the molecule is O=C([O-])C(F)(F)F.O=C(c1ccc2c(c1)OCO2)[C@@H]1CC[C@H](CCc2ccccc2)[NH2+]1. The Balaban J connectivity index is 0.000000339. The van der Waals surface area contributed by atoms with Crippen molar-refractivity contribution in [2.45, 2.75) is 43.9 Å². The first-order valence-corrected chi connectivity index (χ1v) is 9.85. The van der Waals surface area contributed by atoms with E-state index in [1.807, 2.05) is 24.3 Å². The molecule has 2 aromatic carbocycles. The van der Waals surface area contributed by atoms with Gasteiger partial charge in [-0.2, -0.15) is 13.2 Å². The van der Waals surface area contributed by atoms with Gasteiger partial charge in [0.2, 0.25) is 12.6 Å². The number of aliphatic carboxylic acids is 1. The third-order valence-corrected chi connectivity index (χ3v) is 5.22. The Morgan fingerprint density at radius 2 is 1.71 bits per heavy atom. The molecule has 2 atom stereocenters. The highest BCUT2D eigenvalue weighted by Gasteiger charge is 2.34. The number of nitrogens with two attached hydrogens (primary N) is 1. The number of benzene rings is 2. The van der Waals surface area contributed by atoms with E-state index in [2.05, 4.69) is 29.6 Å². The van der Waals surface area contributed by atoms with Crippen molar-refractivity contribution < 1.29 is 42.7 Å². The van der Waals surface area contributed by atoms with Gasteiger partial charge in [0, 0.05) is 24.8 Å². The van der Waals surface area contributed by atoms with E-state index in [1.165, 1.54) is 5.56 Å². The maximum Gasteiger partial charge on any atom is 0.430 e. The van der Waals surface area contributed by atoms with Crippen molar-refractivity contribution in [1.29, 1.82) is 0 Å². The summed E-state index contributed by atoms with van der Waals surface area (Å²) >= 11 is 0. The van der Waals surface area contributed by atoms with E-state index < -0.39 is 12.1 Å². The van der Waals surface area contributed by atoms with Gasteiger partial charge >= 0.3 is 6.18 Å². The molecule has 2 aliphatic heterocycles. The van der Waals surface area contributed by atoms with E-state index in [0.717, 1.165) is 37.0 Å². The molecule has 0 aliphatic carbocycles. The zero-order valence-corrected chi connectivity index (χ0v) is 16.6. The van der Waals surface area contributed by atoms with Crippen LogP contribution in [0.1, 0.15) is 35.2 Å². The first-order chi connectivity index (χ1) is 14.7. The lowest BCUT2D eigenvalue weighted by molar-refractivity contribution is -0.689. The van der Waals surface area contributed by atoms with Gasteiger partial charge in [-0.25, -0.2) is 0 Å². The smallest absolute Gasteiger partial charge is 0.430 e. The number of carboxylic acid groups (broad SMARTS) is 1. The standard InChI is InChI=1S/C20H21NO3.C2HF3O2/c22-20(15-7-11-18-19(12-15)24-13-23-18)17-10-9-16(21-17)8-6-14-4-2-1-3-5-14;3-2(4,5)1(6)7/h1-5,7,11-12,16-17,21H,6,8-10,13H2;(H,6,7)/t16-,17-;/m0./s1. The van der Waals surface area contributed by atoms with Crippen LogP contribution in [-0.4, -0.2) is 36.8 Å². The van der Waals surface area contributed by atoms with E-state index in [1.54, 1.807) is 0 Å². The molecule has 0 spiro atoms. The second-order valence-corrected chi connectivity index (χ2v) is 7.38. The second kappa shape index (κ2) is 9.82. The molecule has 31 heavy (non-hydrogen) atoms. The first kappa shape index (κ1) is 22.6. The number of hydrogen-bond donors (Lipinski definition) is 1. The molecule has 2 heterocycles. The van der Waals surface area contributed by atoms with Crippen molar-refractivity contribution in [3.63, 3.8) is 0 Å². The number of rotatable bonds is 5. The Hall–Kier alpha value is -3.07. The van der Waals surface area contributed by atoms with Crippen molar-refractivity contribution in [3.8, 4) is 11.5 Å². The highest BCUT2D eigenvalue weighted by molar-refractivity contribution is 5.99. The van der Waals surface area contributed by atoms with Gasteiger partial charge in [-0.05, 0) is 30.2 Å². The lowest BCUT2D eigenvalue weighted by Gasteiger charge is -2.11. The number of quaternary nitrogens is 1. The molecule has 0 unspecified atom stereocenters. The Morgan fingerprint density at radius 3 is 2.39 bits per heavy atom. The molecule has 0 aromatic heterocycles. The summed E-state index contributed by atoms with van der Waals surface area (Å²) in [4.78, 5) is 21.5. The van der Waals surface area contributed by atoms with Crippen LogP contribution >= 0.6 is 0 Å². The van der Waals surface area contributed by atoms with E-state index >= 15 is 0 Å². The molecule has 0 saturated carbocycles. The number of hydrogen-bond acceptors (Lipinski definition) is 5. The van der Waals surface area contributed by atoms with E-state index in [4.69, 9.17) is 19.4 Å². The average Bonchev–Trinajstić information content (AvgIpc) is 3.41. The van der Waals surface area contributed by atoms with Gasteiger partial charge < -0.3 is 24.7 Å². The fourth-order valence-corrected chi connectivity index (χ4v) is 3.63. The van der Waals surface area contributed by atoms with Crippen LogP contribution in [0.4, 0.5) is 13.2 Å². The van der Waals surface area contributed by atoms with Crippen molar-refractivity contribution in [3.05, 3.63) is 59.7 Å². The Morgan fingerprint density at radius 1 is 1.03 bits per heavy atom. The molecule has 2 N–H and O–H groups in total. The van der Waals surface area contributed by atoms with Gasteiger partial charge in [0.1, 0.15) is 5.97 Å². The fourth-order valence-electron chi connectivity index (χ4n) is 3.63. The van der Waals surface area contributed by atoms with E-state index in [0.29, 0.717) is 11.8 Å². The van der Waals surface area contributed by atoms with Crippen molar-refractivity contribution >= 4 is 11.8 Å². The van der Waals surface area contributed by atoms with E-state index in [9.17, 15) is 18.0 Å². The number of ether oxygens (including phenoxy) is 2. The number of halogens is 3. The molecule has 0 amide bonds. The summed E-state index contributed by atoms with van der Waals surface area (Å²) in [5, 5.41) is 11.0. The van der Waals surface area contributed by atoms with Crippen LogP contribution in [0, 0.1) is 0 Å². The first-order valence-electron chi connectivity index (χ1n) is 9.85. The molecule has 6 nitrogen and oxygen atoms in total. The Kier molecular flexibility index (Phi) is 7.17. The van der Waals surface area contributed by atoms with Gasteiger partial charge in [0.25, 0.3) is 0 Å². The van der Waals surface area contributed by atoms with Crippen LogP contribution in [0.3, 0.4) is 0 Å². The number of Topliss-reactive ketones (excluding diaryl/α,β-unsaturated/α-hetero) is 1. The van der Waals surface area contributed by atoms with Crippen LogP contribution in [0.15, 0.2) is 48.5 Å². The number of aryl methyl sites for hydroxylation is 1. The minimum absolute atomic E-state index is 0.0335. The van der Waals surface area contributed by atoms with Crippen LogP contribution in [-0.2, 0) is 11.2 Å². The Bertz CT molecular complexity index is 917. The topological polar surface area (TPSA) is 92.3 Å². The highest BCUT2D eigenvalue weighted by atomic mass is 19.4. The highest BCUT2D eigenvalue weighted by Crippen LogP contribution is 2.33. The summed E-state index contributed by atoms with van der Waals surface area (Å²) in [5.41, 5.74) is 2.10. The summed E-state index contributed by atoms with van der Waals surface area (Å²) in [7, 11) is 0. The summed E-state index contributed by atoms with van der Waals surface area (Å²) in [5.74, 6) is -1.40. The number of carbonyl (C=O) groups excluding carboxylic acids is 2. The molecule has 166 valence electrons. The maximum absolute atomic E-state index is 12.7. The molecular formula is C22H22F3NO5. The Labute approximate surface area is 177 Å². The lowest BCUT2D eigenvalue weighted by Crippen LogP contribution is -2.93. The summed E-state index contributed by atoms with van der Waals surface area (Å²) in [6.07, 6.45) is -0.942. The van der Waals surface area contributed by atoms with Gasteiger partial charge in [0.15, 0.2) is 17.5 Å². The molecule has 0 bridgehead atoms. The molecule has 0 radical (unpaired) electrons. The molecule has 2 aromatic rings. The van der Waals surface area contributed by atoms with Crippen LogP contribution in [0.25, 0.3) is 0 Å². The van der Waals surface area contributed by atoms with Gasteiger partial charge in [-0.1, -0.05) is 30.3 Å². The molecule has 1 fully saturated rings. The van der Waals surface area contributed by atoms with Crippen molar-refractivity contribution in [2.24, 2.45) is 0 Å². The maximum atomic E-state index is 12.7. The monoisotopic (exact) mass is 437 g/mol. The third kappa shape index (κ3) is 6.21. The van der Waals surface area contributed by atoms with E-state index in [-0.39, 0.29) is 18.6 Å². The summed E-state index contributed by atoms with van der Waals surface area (Å²) in [6.45, 7) is 0.240. The van der Waals surface area contributed by atoms with Gasteiger partial charge in [-0.15, -0.1) is 0 Å². The normalized spacial score (nSPS) is 19.5. The molecule has 4 rings (SSSR count). The van der Waals surface area contributed by atoms with Crippen LogP contribution in [0.5, 0.6) is 11.5 Å². The molecular weight excluding hydrogens is 415 g/mol. The molecule has 1 saturated heterocycles. The average molecular weight is 437 g/mol. The van der Waals surface area contributed by atoms with Crippen LogP contribution in [0.2, 0.25) is 0 Å². The van der Waals surface area contributed by atoms with Crippen molar-refractivity contribution in [2.75, 3.05) is 6.79 Å². The van der Waals surface area contributed by atoms with Gasteiger partial charge in [0.05, 0.1) is 6.04 Å². The van der Waals surface area contributed by atoms with Gasteiger partial charge in [-0.3, -0.25) is 4.79 Å². The number of carbonyl (C=O) groups is 2. The zero-order valence-electron chi connectivity index (χ0n) is 16.6. The third-order valence-electron chi connectivity index (χ3n) is 5.22. The predicted molar refractivity (Wildman–Crippen MR) is 101 cm³/mol. The van der Waals surface area contributed by atoms with Crippen molar-refractivity contribution in [1.82, 2.24) is 0 Å². The zero-order chi connectivity index (χ0) is 22.4. The minimum atomic E-state index is -5.19. The largest absolute Gasteiger partial charge is 0.542 e. The quantitative estimate of drug-likeness (QED) is 0.718. The number of carboxylic acids is 1. The number of fused-ring (bicyclic) bond motifs is 1. The number of ketones is 1.